The molecule has 236 valence electrons. The fourth-order valence-corrected chi connectivity index (χ4v) is 6.00. The minimum absolute atomic E-state index is 0.0766. The summed E-state index contributed by atoms with van der Waals surface area (Å²) >= 11 is 6.13. The molecule has 0 aliphatic rings. The van der Waals surface area contributed by atoms with Gasteiger partial charge in [-0.25, -0.2) is 0 Å². The van der Waals surface area contributed by atoms with Crippen molar-refractivity contribution in [2.24, 2.45) is 0 Å². The first-order chi connectivity index (χ1) is 22.5. The van der Waals surface area contributed by atoms with Gasteiger partial charge in [0, 0.05) is 29.9 Å². The largest absolute Gasteiger partial charge is 0.389 e. The van der Waals surface area contributed by atoms with Crippen LogP contribution >= 0.6 is 11.6 Å². The van der Waals surface area contributed by atoms with Crippen LogP contribution in [0.4, 0.5) is 0 Å². The van der Waals surface area contributed by atoms with Crippen LogP contribution in [0.3, 0.4) is 0 Å². The van der Waals surface area contributed by atoms with Crippen molar-refractivity contribution >= 4 is 17.5 Å². The molecule has 0 bridgehead atoms. The molecule has 6 heteroatoms. The van der Waals surface area contributed by atoms with E-state index < -0.39 is 18.2 Å². The highest BCUT2D eigenvalue weighted by molar-refractivity contribution is 6.30. The molecular weight excluding hydrogens is 592 g/mol. The lowest BCUT2D eigenvalue weighted by molar-refractivity contribution is -0.123. The smallest absolute Gasteiger partial charge is 0.221 e. The van der Waals surface area contributed by atoms with Crippen molar-refractivity contribution < 1.29 is 15.0 Å². The first-order valence-electron chi connectivity index (χ1n) is 15.8. The topological polar surface area (TPSA) is 81.6 Å². The summed E-state index contributed by atoms with van der Waals surface area (Å²) in [5.74, 6) is -0.367. The van der Waals surface area contributed by atoms with E-state index in [1.165, 1.54) is 0 Å². The summed E-state index contributed by atoms with van der Waals surface area (Å²) in [4.78, 5) is 13.7. The van der Waals surface area contributed by atoms with Gasteiger partial charge in [0.05, 0.1) is 12.1 Å². The molecule has 0 aliphatic heterocycles. The maximum atomic E-state index is 13.7. The van der Waals surface area contributed by atoms with Crippen molar-refractivity contribution in [1.82, 2.24) is 10.6 Å². The number of amides is 1. The van der Waals surface area contributed by atoms with E-state index in [9.17, 15) is 15.0 Å². The quantitative estimate of drug-likeness (QED) is 0.101. The van der Waals surface area contributed by atoms with Crippen molar-refractivity contribution in [3.8, 4) is 0 Å². The van der Waals surface area contributed by atoms with Gasteiger partial charge in [0.2, 0.25) is 5.91 Å². The molecule has 0 heterocycles. The third-order valence-electron chi connectivity index (χ3n) is 8.37. The Morgan fingerprint density at radius 1 is 0.609 bits per heavy atom. The van der Waals surface area contributed by atoms with Crippen molar-refractivity contribution in [1.29, 1.82) is 0 Å². The van der Waals surface area contributed by atoms with E-state index in [2.05, 4.69) is 34.9 Å². The van der Waals surface area contributed by atoms with E-state index in [1.807, 2.05) is 109 Å². The fraction of sp³-hybridized carbons (Fsp3) is 0.225. The number of nitrogens with one attached hydrogen (secondary N) is 2. The Balaban J connectivity index is 1.32. The van der Waals surface area contributed by atoms with Crippen LogP contribution in [0.5, 0.6) is 0 Å². The monoisotopic (exact) mass is 632 g/mol. The van der Waals surface area contributed by atoms with E-state index >= 15 is 0 Å². The predicted molar refractivity (Wildman–Crippen MR) is 186 cm³/mol. The molecule has 0 saturated heterocycles. The van der Waals surface area contributed by atoms with E-state index in [1.54, 1.807) is 12.1 Å². The lowest BCUT2D eigenvalue weighted by atomic mass is 9.88. The number of aliphatic hydroxyl groups is 2. The Kier molecular flexibility index (Phi) is 12.2. The molecule has 4 atom stereocenters. The molecule has 5 aromatic rings. The second kappa shape index (κ2) is 16.9. The van der Waals surface area contributed by atoms with Crippen LogP contribution in [-0.4, -0.2) is 40.9 Å². The van der Waals surface area contributed by atoms with Crippen LogP contribution in [0.2, 0.25) is 5.02 Å². The summed E-state index contributed by atoms with van der Waals surface area (Å²) in [6, 6.07) is 46.7. The van der Waals surface area contributed by atoms with Gasteiger partial charge >= 0.3 is 0 Å². The average molecular weight is 633 g/mol. The molecule has 4 N–H and O–H groups in total. The van der Waals surface area contributed by atoms with Crippen molar-refractivity contribution in [2.75, 3.05) is 6.54 Å². The summed E-state index contributed by atoms with van der Waals surface area (Å²) < 4.78 is 0. The summed E-state index contributed by atoms with van der Waals surface area (Å²) in [5.41, 5.74) is 5.22. The Hall–Kier alpha value is -4.26. The highest BCUT2D eigenvalue weighted by Gasteiger charge is 2.30. The maximum Gasteiger partial charge on any atom is 0.221 e. The van der Waals surface area contributed by atoms with E-state index in [0.717, 1.165) is 34.2 Å². The number of aliphatic hydroxyl groups excluding tert-OH is 2. The number of benzene rings is 5. The summed E-state index contributed by atoms with van der Waals surface area (Å²) in [5, 5.41) is 30.1. The molecule has 3 unspecified atom stereocenters. The highest BCUT2D eigenvalue weighted by atomic mass is 35.5. The third kappa shape index (κ3) is 9.62. The second-order valence-corrected chi connectivity index (χ2v) is 12.1. The molecule has 46 heavy (non-hydrogen) atoms. The fourth-order valence-electron chi connectivity index (χ4n) is 5.88. The standard InChI is InChI=1S/C40H41ClN2O3/c41-34-23-21-30(22-24-34)26-37(43-39(45)27-35(31-15-7-2-8-16-31)32-17-9-3-10-18-32)40(46)38(44)28-42-36(33-19-11-4-12-20-33)25-29-13-5-1-6-14-29/h1-24,35-38,40,42,44,46H,25-28H2,(H,43,45)/t36-,37?,38?,40?/m1/s1. The zero-order chi connectivity index (χ0) is 32.1. The molecule has 1 amide bonds. The zero-order valence-corrected chi connectivity index (χ0v) is 26.5. The molecule has 5 nitrogen and oxygen atoms in total. The Bertz CT molecular complexity index is 1560. The summed E-state index contributed by atoms with van der Waals surface area (Å²) in [7, 11) is 0. The number of carbonyl (C=O) groups excluding carboxylic acids is 1. The molecule has 5 rings (SSSR count). The normalized spacial score (nSPS) is 13.9. The van der Waals surface area contributed by atoms with Crippen LogP contribution < -0.4 is 10.6 Å². The number of carbonyl (C=O) groups is 1. The lowest BCUT2D eigenvalue weighted by Crippen LogP contribution is -2.52. The van der Waals surface area contributed by atoms with Crippen LogP contribution in [0.15, 0.2) is 146 Å². The van der Waals surface area contributed by atoms with Crippen LogP contribution in [0.1, 0.15) is 46.2 Å². The third-order valence-corrected chi connectivity index (χ3v) is 8.63. The minimum atomic E-state index is -1.23. The first kappa shape index (κ1) is 33.1. The van der Waals surface area contributed by atoms with Crippen molar-refractivity contribution in [3.63, 3.8) is 0 Å². The van der Waals surface area contributed by atoms with Gasteiger partial charge in [-0.05, 0) is 52.8 Å². The lowest BCUT2D eigenvalue weighted by Gasteiger charge is -2.30. The van der Waals surface area contributed by atoms with Crippen LogP contribution in [0.25, 0.3) is 0 Å². The van der Waals surface area contributed by atoms with Crippen molar-refractivity contribution in [3.05, 3.63) is 178 Å². The molecular formula is C40H41ClN2O3. The van der Waals surface area contributed by atoms with Gasteiger partial charge in [0.1, 0.15) is 6.10 Å². The van der Waals surface area contributed by atoms with Gasteiger partial charge in [-0.2, -0.15) is 0 Å². The second-order valence-electron chi connectivity index (χ2n) is 11.7. The molecule has 5 aromatic carbocycles. The average Bonchev–Trinajstić information content (AvgIpc) is 3.10. The SMILES string of the molecule is O=C(CC(c1ccccc1)c1ccccc1)NC(Cc1ccc(Cl)cc1)C(O)C(O)CN[C@H](Cc1ccccc1)c1ccccc1. The number of hydrogen-bond donors (Lipinski definition) is 4. The van der Waals surface area contributed by atoms with Gasteiger partial charge in [-0.15, -0.1) is 0 Å². The number of halogens is 1. The van der Waals surface area contributed by atoms with Gasteiger partial charge in [0.25, 0.3) is 0 Å². The van der Waals surface area contributed by atoms with Gasteiger partial charge in [-0.3, -0.25) is 4.79 Å². The molecule has 0 saturated carbocycles. The minimum Gasteiger partial charge on any atom is -0.389 e. The number of rotatable bonds is 15. The Labute approximate surface area is 276 Å². The van der Waals surface area contributed by atoms with E-state index in [4.69, 9.17) is 11.6 Å². The molecule has 0 radical (unpaired) electrons. The van der Waals surface area contributed by atoms with E-state index in [-0.39, 0.29) is 30.8 Å². The van der Waals surface area contributed by atoms with Gasteiger partial charge < -0.3 is 20.8 Å². The summed E-state index contributed by atoms with van der Waals surface area (Å²) in [6.07, 6.45) is -1.13. The highest BCUT2D eigenvalue weighted by Crippen LogP contribution is 2.28. The molecule has 0 aromatic heterocycles. The van der Waals surface area contributed by atoms with Crippen molar-refractivity contribution in [2.45, 2.75) is 49.5 Å². The Morgan fingerprint density at radius 3 is 1.63 bits per heavy atom. The van der Waals surface area contributed by atoms with E-state index in [0.29, 0.717) is 11.4 Å². The molecule has 0 spiro atoms. The maximum absolute atomic E-state index is 13.7. The Morgan fingerprint density at radius 2 is 1.09 bits per heavy atom. The molecule has 0 aliphatic carbocycles. The van der Waals surface area contributed by atoms with Gasteiger partial charge in [0.15, 0.2) is 0 Å². The van der Waals surface area contributed by atoms with Crippen LogP contribution in [0, 0.1) is 0 Å². The molecule has 0 fully saturated rings. The summed E-state index contributed by atoms with van der Waals surface area (Å²) in [6.45, 7) is 0.136. The first-order valence-corrected chi connectivity index (χ1v) is 16.2. The van der Waals surface area contributed by atoms with Crippen LogP contribution in [-0.2, 0) is 17.6 Å². The number of hydrogen-bond acceptors (Lipinski definition) is 4. The van der Waals surface area contributed by atoms with Gasteiger partial charge in [-0.1, -0.05) is 145 Å². The zero-order valence-electron chi connectivity index (χ0n) is 25.8. The predicted octanol–water partition coefficient (Wildman–Crippen LogP) is 6.88.